The summed E-state index contributed by atoms with van der Waals surface area (Å²) in [5, 5.41) is 3.23. The van der Waals surface area contributed by atoms with Gasteiger partial charge in [0.2, 0.25) is 11.8 Å². The van der Waals surface area contributed by atoms with E-state index in [4.69, 9.17) is 4.74 Å². The molecular formula is C39H54N4O3. The van der Waals surface area contributed by atoms with Gasteiger partial charge < -0.3 is 15.0 Å². The lowest BCUT2D eigenvalue weighted by atomic mass is 9.99. The van der Waals surface area contributed by atoms with Gasteiger partial charge in [-0.15, -0.1) is 0 Å². The molecule has 248 valence electrons. The number of hydrogen-bond donors (Lipinski definition) is 1. The van der Waals surface area contributed by atoms with Crippen molar-refractivity contribution in [2.24, 2.45) is 11.8 Å². The highest BCUT2D eigenvalue weighted by Gasteiger charge is 2.32. The van der Waals surface area contributed by atoms with Crippen LogP contribution in [0.4, 0.5) is 0 Å². The van der Waals surface area contributed by atoms with Gasteiger partial charge in [0.15, 0.2) is 0 Å². The molecule has 4 rings (SSSR count). The van der Waals surface area contributed by atoms with Crippen LogP contribution < -0.4 is 10.1 Å². The van der Waals surface area contributed by atoms with Crippen molar-refractivity contribution in [1.29, 1.82) is 0 Å². The summed E-state index contributed by atoms with van der Waals surface area (Å²) in [6, 6.07) is 27.5. The van der Waals surface area contributed by atoms with E-state index in [1.165, 1.54) is 5.56 Å². The molecule has 0 aliphatic carbocycles. The van der Waals surface area contributed by atoms with Gasteiger partial charge in [-0.3, -0.25) is 19.4 Å². The molecule has 46 heavy (non-hydrogen) atoms. The number of piperazine rings is 1. The summed E-state index contributed by atoms with van der Waals surface area (Å²) in [5.41, 5.74) is 3.38. The highest BCUT2D eigenvalue weighted by atomic mass is 16.5. The molecule has 0 unspecified atom stereocenters. The molecule has 1 N–H and O–H groups in total. The molecule has 0 radical (unpaired) electrons. The van der Waals surface area contributed by atoms with Crippen LogP contribution in [-0.2, 0) is 29.2 Å². The Morgan fingerprint density at radius 3 is 1.98 bits per heavy atom. The average molecular weight is 627 g/mol. The lowest BCUT2D eigenvalue weighted by molar-refractivity contribution is -0.139. The maximum Gasteiger partial charge on any atom is 0.245 e. The van der Waals surface area contributed by atoms with Crippen molar-refractivity contribution < 1.29 is 14.3 Å². The van der Waals surface area contributed by atoms with Crippen molar-refractivity contribution in [3.05, 3.63) is 102 Å². The quantitative estimate of drug-likeness (QED) is 0.210. The smallest absolute Gasteiger partial charge is 0.245 e. The molecule has 0 aromatic heterocycles. The number of carbonyl (C=O) groups excluding carboxylic acids is 2. The van der Waals surface area contributed by atoms with Gasteiger partial charge in [-0.25, -0.2) is 0 Å². The molecule has 7 nitrogen and oxygen atoms in total. The zero-order valence-corrected chi connectivity index (χ0v) is 28.5. The van der Waals surface area contributed by atoms with Crippen LogP contribution in [0.15, 0.2) is 84.9 Å². The molecule has 7 heteroatoms. The van der Waals surface area contributed by atoms with Crippen molar-refractivity contribution in [3.8, 4) is 5.75 Å². The summed E-state index contributed by atoms with van der Waals surface area (Å²) in [7, 11) is 2.03. The molecule has 1 aliphatic rings. The fraction of sp³-hybridized carbons (Fsp3) is 0.487. The molecule has 0 spiro atoms. The number of ether oxygens (including phenoxy) is 1. The van der Waals surface area contributed by atoms with Crippen LogP contribution in [0.2, 0.25) is 0 Å². The summed E-state index contributed by atoms with van der Waals surface area (Å²) in [6.45, 7) is 13.8. The maximum atomic E-state index is 14.1. The van der Waals surface area contributed by atoms with Gasteiger partial charge in [-0.1, -0.05) is 100 Å². The van der Waals surface area contributed by atoms with E-state index in [0.717, 1.165) is 55.9 Å². The Kier molecular flexibility index (Phi) is 13.7. The maximum absolute atomic E-state index is 14.1. The molecule has 1 saturated heterocycles. The van der Waals surface area contributed by atoms with E-state index in [0.29, 0.717) is 38.0 Å². The second-order valence-electron chi connectivity index (χ2n) is 13.6. The first-order chi connectivity index (χ1) is 22.2. The second-order valence-corrected chi connectivity index (χ2v) is 13.6. The standard InChI is InChI=1S/C39H54N4O3/c1-30(2)20-21-41(5)37(26-31(3)4)38(44)40-36(27-32-16-18-35(19-17-32)46-29-34-14-10-7-11-15-34)39(45)43-24-22-42(23-25-43)28-33-12-8-6-9-13-33/h6-19,30-31,36-37H,20-29H2,1-5H3,(H,40,44)/t36-,37+/m0/s1. The van der Waals surface area contributed by atoms with Crippen LogP contribution in [0.1, 0.15) is 57.2 Å². The normalized spacial score (nSPS) is 15.3. The lowest BCUT2D eigenvalue weighted by Crippen LogP contribution is -2.57. The molecular weight excluding hydrogens is 572 g/mol. The average Bonchev–Trinajstić information content (AvgIpc) is 3.06. The molecule has 2 atom stereocenters. The molecule has 0 saturated carbocycles. The van der Waals surface area contributed by atoms with Crippen molar-refractivity contribution in [2.45, 2.75) is 72.2 Å². The SMILES string of the molecule is CC(C)CCN(C)[C@H](CC(C)C)C(=O)N[C@@H](Cc1ccc(OCc2ccccc2)cc1)C(=O)N1CCN(Cc2ccccc2)CC1. The van der Waals surface area contributed by atoms with E-state index in [-0.39, 0.29) is 17.9 Å². The molecule has 3 aromatic rings. The van der Waals surface area contributed by atoms with Gasteiger partial charge in [0.25, 0.3) is 0 Å². The molecule has 1 aliphatic heterocycles. The van der Waals surface area contributed by atoms with Gasteiger partial charge in [0, 0.05) is 39.1 Å². The van der Waals surface area contributed by atoms with Crippen LogP contribution in [0.5, 0.6) is 5.75 Å². The monoisotopic (exact) mass is 626 g/mol. The van der Waals surface area contributed by atoms with E-state index in [1.807, 2.05) is 72.6 Å². The zero-order valence-electron chi connectivity index (χ0n) is 28.5. The molecule has 1 fully saturated rings. The predicted octanol–water partition coefficient (Wildman–Crippen LogP) is 6.03. The van der Waals surface area contributed by atoms with Crippen LogP contribution in [0.3, 0.4) is 0 Å². The molecule has 2 amide bonds. The number of carbonyl (C=O) groups is 2. The Balaban J connectivity index is 1.45. The summed E-state index contributed by atoms with van der Waals surface area (Å²) >= 11 is 0. The Morgan fingerprint density at radius 1 is 0.783 bits per heavy atom. The third kappa shape index (κ3) is 11.3. The summed E-state index contributed by atoms with van der Waals surface area (Å²) in [4.78, 5) is 34.5. The van der Waals surface area contributed by atoms with Gasteiger partial charge in [0.1, 0.15) is 18.4 Å². The van der Waals surface area contributed by atoms with Gasteiger partial charge in [-0.05, 0) is 67.1 Å². The number of rotatable bonds is 16. The summed E-state index contributed by atoms with van der Waals surface area (Å²) in [5.74, 6) is 1.61. The fourth-order valence-electron chi connectivity index (χ4n) is 5.91. The highest BCUT2D eigenvalue weighted by Crippen LogP contribution is 2.18. The number of nitrogens with zero attached hydrogens (tertiary/aromatic N) is 3. The Hall–Kier alpha value is -3.68. The summed E-state index contributed by atoms with van der Waals surface area (Å²) in [6.07, 6.45) is 2.19. The number of nitrogens with one attached hydrogen (secondary N) is 1. The Morgan fingerprint density at radius 2 is 1.39 bits per heavy atom. The largest absolute Gasteiger partial charge is 0.489 e. The first-order valence-electron chi connectivity index (χ1n) is 17.0. The third-order valence-electron chi connectivity index (χ3n) is 8.75. The van der Waals surface area contributed by atoms with Crippen molar-refractivity contribution >= 4 is 11.8 Å². The Bertz CT molecular complexity index is 1320. The minimum Gasteiger partial charge on any atom is -0.489 e. The van der Waals surface area contributed by atoms with E-state index in [2.05, 4.69) is 67.1 Å². The first-order valence-corrected chi connectivity index (χ1v) is 17.0. The van der Waals surface area contributed by atoms with Crippen LogP contribution in [-0.4, -0.2) is 78.4 Å². The third-order valence-corrected chi connectivity index (χ3v) is 8.75. The fourth-order valence-corrected chi connectivity index (χ4v) is 5.91. The van der Waals surface area contributed by atoms with E-state index in [1.54, 1.807) is 0 Å². The number of benzene rings is 3. The predicted molar refractivity (Wildman–Crippen MR) is 186 cm³/mol. The molecule has 1 heterocycles. The van der Waals surface area contributed by atoms with Gasteiger partial charge >= 0.3 is 0 Å². The highest BCUT2D eigenvalue weighted by molar-refractivity contribution is 5.90. The summed E-state index contributed by atoms with van der Waals surface area (Å²) < 4.78 is 5.99. The van der Waals surface area contributed by atoms with Crippen molar-refractivity contribution in [2.75, 3.05) is 39.8 Å². The van der Waals surface area contributed by atoms with Crippen molar-refractivity contribution in [3.63, 3.8) is 0 Å². The first kappa shape index (κ1) is 35.2. The van der Waals surface area contributed by atoms with E-state index in [9.17, 15) is 9.59 Å². The topological polar surface area (TPSA) is 65.1 Å². The van der Waals surface area contributed by atoms with E-state index >= 15 is 0 Å². The minimum absolute atomic E-state index is 0.00903. The van der Waals surface area contributed by atoms with Crippen LogP contribution in [0, 0.1) is 11.8 Å². The molecule has 3 aromatic carbocycles. The zero-order chi connectivity index (χ0) is 32.9. The van der Waals surface area contributed by atoms with Crippen molar-refractivity contribution in [1.82, 2.24) is 20.0 Å². The van der Waals surface area contributed by atoms with E-state index < -0.39 is 6.04 Å². The number of hydrogen-bond acceptors (Lipinski definition) is 5. The second kappa shape index (κ2) is 17.9. The number of likely N-dealkylation sites (N-methyl/N-ethyl adjacent to an activating group) is 1. The Labute approximate surface area is 276 Å². The van der Waals surface area contributed by atoms with Gasteiger partial charge in [-0.2, -0.15) is 0 Å². The lowest BCUT2D eigenvalue weighted by Gasteiger charge is -2.37. The number of amides is 2. The van der Waals surface area contributed by atoms with Gasteiger partial charge in [0.05, 0.1) is 6.04 Å². The van der Waals surface area contributed by atoms with Crippen LogP contribution in [0.25, 0.3) is 0 Å². The minimum atomic E-state index is -0.641. The van der Waals surface area contributed by atoms with Crippen LogP contribution >= 0.6 is 0 Å². The molecule has 0 bridgehead atoms.